The smallest absolute Gasteiger partial charge is 0.260 e. The van der Waals surface area contributed by atoms with Crippen molar-refractivity contribution in [3.8, 4) is 11.1 Å². The number of rotatable bonds is 4. The molecule has 0 aliphatic heterocycles. The number of ketones is 1. The molecule has 7 heteroatoms. The monoisotopic (exact) mass is 438 g/mol. The van der Waals surface area contributed by atoms with Gasteiger partial charge in [0.1, 0.15) is 5.82 Å². The Morgan fingerprint density at radius 3 is 2.47 bits per heavy atom. The number of hydrogen-bond acceptors (Lipinski definition) is 3. The Morgan fingerprint density at radius 2 is 1.73 bits per heavy atom. The number of pyridine rings is 2. The van der Waals surface area contributed by atoms with Crippen molar-refractivity contribution < 1.29 is 9.18 Å². The first-order valence-electron chi connectivity index (χ1n) is 8.87. The number of allylic oxidation sites excluding steroid dienone is 1. The average molecular weight is 439 g/mol. The molecule has 4 aromatic rings. The fourth-order valence-corrected chi connectivity index (χ4v) is 3.49. The molecule has 0 unspecified atom stereocenters. The minimum absolute atomic E-state index is 0.0484. The van der Waals surface area contributed by atoms with Gasteiger partial charge in [-0.15, -0.1) is 0 Å². The zero-order valence-electron chi connectivity index (χ0n) is 15.3. The number of nitrogens with zero attached hydrogens (tertiary/aromatic N) is 1. The van der Waals surface area contributed by atoms with E-state index in [1.165, 1.54) is 24.4 Å². The van der Waals surface area contributed by atoms with Gasteiger partial charge in [-0.05, 0) is 59.7 Å². The minimum atomic E-state index is -0.540. The van der Waals surface area contributed by atoms with Gasteiger partial charge in [0.2, 0.25) is 0 Å². The van der Waals surface area contributed by atoms with Crippen molar-refractivity contribution in [2.75, 3.05) is 0 Å². The largest absolute Gasteiger partial charge is 0.321 e. The van der Waals surface area contributed by atoms with E-state index in [1.54, 1.807) is 42.5 Å². The molecule has 1 N–H and O–H groups in total. The number of nitrogens with one attached hydrogen (secondary N) is 1. The van der Waals surface area contributed by atoms with Crippen LogP contribution in [-0.2, 0) is 0 Å². The van der Waals surface area contributed by atoms with Crippen LogP contribution >= 0.6 is 23.2 Å². The lowest BCUT2D eigenvalue weighted by molar-refractivity contribution is 0.104. The summed E-state index contributed by atoms with van der Waals surface area (Å²) in [4.78, 5) is 32.3. The first-order chi connectivity index (χ1) is 14.4. The van der Waals surface area contributed by atoms with Crippen LogP contribution in [0.25, 0.3) is 28.1 Å². The van der Waals surface area contributed by atoms with Gasteiger partial charge in [-0.25, -0.2) is 4.39 Å². The van der Waals surface area contributed by atoms with Crippen molar-refractivity contribution in [1.82, 2.24) is 9.97 Å². The molecule has 2 aromatic carbocycles. The van der Waals surface area contributed by atoms with Gasteiger partial charge in [0.05, 0.1) is 11.8 Å². The van der Waals surface area contributed by atoms with Crippen LogP contribution in [0.3, 0.4) is 0 Å². The molecule has 0 aliphatic rings. The second kappa shape index (κ2) is 8.22. The highest BCUT2D eigenvalue weighted by Crippen LogP contribution is 2.32. The van der Waals surface area contributed by atoms with Crippen LogP contribution in [0.4, 0.5) is 4.39 Å². The number of carbonyl (C=O) groups is 1. The molecule has 0 bridgehead atoms. The minimum Gasteiger partial charge on any atom is -0.321 e. The maximum atomic E-state index is 13.3. The van der Waals surface area contributed by atoms with Crippen molar-refractivity contribution in [3.05, 3.63) is 104 Å². The summed E-state index contributed by atoms with van der Waals surface area (Å²) in [5.74, 6) is -1.06. The van der Waals surface area contributed by atoms with E-state index in [0.717, 1.165) is 6.20 Å². The molecule has 2 heterocycles. The molecule has 30 heavy (non-hydrogen) atoms. The molecule has 4 nitrogen and oxygen atoms in total. The zero-order valence-corrected chi connectivity index (χ0v) is 16.8. The Kier molecular flexibility index (Phi) is 5.48. The van der Waals surface area contributed by atoms with Gasteiger partial charge in [-0.1, -0.05) is 35.3 Å². The standard InChI is InChI=1S/C23H13Cl2FN2O2/c24-15-4-2-14(3-5-15)21-18-10-16(25)6-7-19(18)28-23(30)22(21)20(29)8-1-13-9-17(26)12-27-11-13/h1-12H,(H,28,30)/b8-1+. The Balaban J connectivity index is 1.93. The first kappa shape index (κ1) is 20.0. The highest BCUT2D eigenvalue weighted by molar-refractivity contribution is 6.32. The van der Waals surface area contributed by atoms with Crippen LogP contribution in [0.2, 0.25) is 10.0 Å². The molecule has 4 rings (SSSR count). The Bertz CT molecular complexity index is 1360. The molecule has 0 atom stereocenters. The van der Waals surface area contributed by atoms with E-state index in [1.807, 2.05) is 0 Å². The topological polar surface area (TPSA) is 62.8 Å². The first-order valence-corrected chi connectivity index (χ1v) is 9.62. The van der Waals surface area contributed by atoms with Crippen LogP contribution in [0, 0.1) is 5.82 Å². The molecule has 2 aromatic heterocycles. The van der Waals surface area contributed by atoms with Gasteiger partial charge in [0, 0.05) is 32.7 Å². The second-order valence-electron chi connectivity index (χ2n) is 6.53. The lowest BCUT2D eigenvalue weighted by Gasteiger charge is -2.12. The van der Waals surface area contributed by atoms with Crippen LogP contribution in [0.5, 0.6) is 0 Å². The van der Waals surface area contributed by atoms with Crippen molar-refractivity contribution in [2.24, 2.45) is 0 Å². The molecule has 0 amide bonds. The van der Waals surface area contributed by atoms with Crippen LogP contribution in [0.1, 0.15) is 15.9 Å². The highest BCUT2D eigenvalue weighted by atomic mass is 35.5. The maximum absolute atomic E-state index is 13.3. The van der Waals surface area contributed by atoms with Gasteiger partial charge in [-0.3, -0.25) is 14.6 Å². The van der Waals surface area contributed by atoms with Crippen LogP contribution in [-0.4, -0.2) is 15.8 Å². The molecular weight excluding hydrogens is 426 g/mol. The maximum Gasteiger partial charge on any atom is 0.260 e. The van der Waals surface area contributed by atoms with Crippen molar-refractivity contribution in [2.45, 2.75) is 0 Å². The van der Waals surface area contributed by atoms with E-state index in [4.69, 9.17) is 23.2 Å². The number of carbonyl (C=O) groups excluding carboxylic acids is 1. The summed E-state index contributed by atoms with van der Waals surface area (Å²) >= 11 is 12.2. The Labute approximate surface area is 180 Å². The zero-order chi connectivity index (χ0) is 21.3. The van der Waals surface area contributed by atoms with Gasteiger partial charge in [-0.2, -0.15) is 0 Å². The summed E-state index contributed by atoms with van der Waals surface area (Å²) in [5.41, 5.74) is 1.44. The number of halogens is 3. The fourth-order valence-electron chi connectivity index (χ4n) is 3.19. The van der Waals surface area contributed by atoms with E-state index >= 15 is 0 Å². The Morgan fingerprint density at radius 1 is 1.00 bits per heavy atom. The van der Waals surface area contributed by atoms with Gasteiger partial charge >= 0.3 is 0 Å². The molecule has 0 spiro atoms. The van der Waals surface area contributed by atoms with E-state index in [9.17, 15) is 14.0 Å². The quantitative estimate of drug-likeness (QED) is 0.317. The lowest BCUT2D eigenvalue weighted by Crippen LogP contribution is -2.18. The second-order valence-corrected chi connectivity index (χ2v) is 7.41. The van der Waals surface area contributed by atoms with Crippen molar-refractivity contribution in [1.29, 1.82) is 0 Å². The summed E-state index contributed by atoms with van der Waals surface area (Å²) in [6.45, 7) is 0. The SMILES string of the molecule is O=C(/C=C/c1cncc(F)c1)c1c(-c2ccc(Cl)cc2)c2cc(Cl)ccc2[nH]c1=O. The lowest BCUT2D eigenvalue weighted by atomic mass is 9.94. The van der Waals surface area contributed by atoms with E-state index in [-0.39, 0.29) is 5.56 Å². The number of benzene rings is 2. The number of H-pyrrole nitrogens is 1. The third-order valence-corrected chi connectivity index (χ3v) is 5.00. The summed E-state index contributed by atoms with van der Waals surface area (Å²) < 4.78 is 13.3. The van der Waals surface area contributed by atoms with Gasteiger partial charge in [0.15, 0.2) is 5.78 Å². The third kappa shape index (κ3) is 4.03. The molecule has 0 fully saturated rings. The van der Waals surface area contributed by atoms with Crippen LogP contribution in [0.15, 0.2) is 71.8 Å². The average Bonchev–Trinajstić information content (AvgIpc) is 2.72. The van der Waals surface area contributed by atoms with Crippen molar-refractivity contribution in [3.63, 3.8) is 0 Å². The summed E-state index contributed by atoms with van der Waals surface area (Å²) in [7, 11) is 0. The third-order valence-electron chi connectivity index (χ3n) is 4.51. The number of hydrogen-bond donors (Lipinski definition) is 1. The molecule has 0 saturated carbocycles. The fraction of sp³-hybridized carbons (Fsp3) is 0. The predicted octanol–water partition coefficient (Wildman–Crippen LogP) is 5.93. The van der Waals surface area contributed by atoms with Gasteiger partial charge < -0.3 is 4.98 Å². The number of aromatic amines is 1. The molecule has 148 valence electrons. The molecule has 0 saturated heterocycles. The van der Waals surface area contributed by atoms with Crippen molar-refractivity contribution >= 4 is 46.0 Å². The van der Waals surface area contributed by atoms with E-state index in [2.05, 4.69) is 9.97 Å². The van der Waals surface area contributed by atoms with Crippen LogP contribution < -0.4 is 5.56 Å². The summed E-state index contributed by atoms with van der Waals surface area (Å²) in [6.07, 6.45) is 5.11. The number of aromatic nitrogens is 2. The summed E-state index contributed by atoms with van der Waals surface area (Å²) in [5, 5.41) is 1.61. The normalized spacial score (nSPS) is 11.3. The van der Waals surface area contributed by atoms with E-state index < -0.39 is 17.2 Å². The van der Waals surface area contributed by atoms with E-state index in [0.29, 0.717) is 37.6 Å². The number of fused-ring (bicyclic) bond motifs is 1. The molecule has 0 aliphatic carbocycles. The summed E-state index contributed by atoms with van der Waals surface area (Å²) in [6, 6.07) is 13.1. The predicted molar refractivity (Wildman–Crippen MR) is 118 cm³/mol. The molecular formula is C23H13Cl2FN2O2. The molecule has 0 radical (unpaired) electrons. The Hall–Kier alpha value is -3.28. The van der Waals surface area contributed by atoms with Gasteiger partial charge in [0.25, 0.3) is 5.56 Å². The highest BCUT2D eigenvalue weighted by Gasteiger charge is 2.19.